The smallest absolute Gasteiger partial charge is 3.00 e. The largest absolute Gasteiger partial charge is 3.00 e. The van der Waals surface area contributed by atoms with Crippen molar-refractivity contribution in [3.05, 3.63) is 30.9 Å². The van der Waals surface area contributed by atoms with Crippen LogP contribution in [0.2, 0.25) is 0 Å². The van der Waals surface area contributed by atoms with Gasteiger partial charge < -0.3 is 6.42 Å². The second-order valence-corrected chi connectivity index (χ2v) is 2.16. The van der Waals surface area contributed by atoms with Crippen LogP contribution in [0.4, 0.5) is 0 Å². The zero-order valence-electron chi connectivity index (χ0n) is 6.74. The molecular weight excluding hydrogens is 397 g/mol. The van der Waals surface area contributed by atoms with Gasteiger partial charge in [0.15, 0.2) is 0 Å². The van der Waals surface area contributed by atoms with Gasteiger partial charge in [-0.15, -0.1) is 0 Å². The Balaban J connectivity index is -0.0000000569. The van der Waals surface area contributed by atoms with Gasteiger partial charge in [0.1, 0.15) is 0 Å². The van der Waals surface area contributed by atoms with Crippen LogP contribution < -0.4 is 0 Å². The molecule has 0 fully saturated rings. The van der Waals surface area contributed by atoms with Crippen molar-refractivity contribution >= 4 is 4.40 Å². The Labute approximate surface area is 113 Å². The van der Waals surface area contributed by atoms with E-state index in [0.29, 0.717) is 0 Å². The molecule has 0 amide bonds. The van der Waals surface area contributed by atoms with Crippen molar-refractivity contribution in [1.82, 2.24) is 0 Å². The van der Waals surface area contributed by atoms with Gasteiger partial charge in [-0.25, -0.2) is 0 Å². The van der Waals surface area contributed by atoms with Crippen molar-refractivity contribution in [2.24, 2.45) is 0 Å². The third-order valence-electron chi connectivity index (χ3n) is 0.359. The first-order chi connectivity index (χ1) is 4.72. The third kappa shape index (κ3) is 30.6. The van der Waals surface area contributed by atoms with Crippen molar-refractivity contribution in [2.75, 3.05) is 0 Å². The van der Waals surface area contributed by atoms with E-state index in [9.17, 15) is 0 Å². The van der Waals surface area contributed by atoms with Crippen LogP contribution in [0.1, 0.15) is 21.3 Å². The molecule has 0 aliphatic heterocycles. The molecule has 3 heteroatoms. The molecule has 0 aromatic rings. The predicted octanol–water partition coefficient (Wildman–Crippen LogP) is 2.51. The van der Waals surface area contributed by atoms with Crippen LogP contribution in [0.3, 0.4) is 0 Å². The van der Waals surface area contributed by atoms with Gasteiger partial charge in [0.25, 0.3) is 0 Å². The van der Waals surface area contributed by atoms with Gasteiger partial charge in [-0.05, 0) is 0 Å². The number of allylic oxidation sites excluding steroid dienone is 3. The van der Waals surface area contributed by atoms with E-state index in [-0.39, 0.29) is 45.9 Å². The van der Waals surface area contributed by atoms with Crippen LogP contribution in [0.15, 0.2) is 17.9 Å². The second kappa shape index (κ2) is 22.7. The zero-order valence-corrected chi connectivity index (χ0v) is 12.5. The molecule has 0 rings (SSSR count). The summed E-state index contributed by atoms with van der Waals surface area (Å²) in [7, 11) is 0. The fourth-order valence-corrected chi connectivity index (χ4v) is 0.370. The molecule has 12 heavy (non-hydrogen) atoms. The molecule has 0 radical (unpaired) electrons. The van der Waals surface area contributed by atoms with Gasteiger partial charge in [0.05, 0.1) is 0 Å². The molecule has 0 spiro atoms. The first-order valence-electron chi connectivity index (χ1n) is 2.79. The zero-order chi connectivity index (χ0) is 8.41. The first-order valence-corrected chi connectivity index (χ1v) is 4.25. The van der Waals surface area contributed by atoms with E-state index >= 15 is 0 Å². The van der Waals surface area contributed by atoms with E-state index in [0.717, 1.165) is 19.4 Å². The number of hydrogen-bond acceptors (Lipinski definition) is 1. The van der Waals surface area contributed by atoms with Gasteiger partial charge in [0, 0.05) is 0 Å². The van der Waals surface area contributed by atoms with Crippen LogP contribution in [-0.4, -0.2) is 9.51 Å². The molecular formula is C9H15OWY. The maximum absolute atomic E-state index is 8.52. The molecule has 1 nitrogen and oxygen atoms in total. The van der Waals surface area contributed by atoms with Crippen molar-refractivity contribution in [3.8, 4) is 0 Å². The molecule has 0 aliphatic carbocycles. The molecule has 0 saturated carbocycles. The van der Waals surface area contributed by atoms with Gasteiger partial charge >= 0.3 is 86.1 Å². The van der Waals surface area contributed by atoms with Crippen molar-refractivity contribution in [3.63, 3.8) is 0 Å². The Hall–Kier alpha value is 0.942. The summed E-state index contributed by atoms with van der Waals surface area (Å²) >= 11 is 1.09. The molecule has 0 atom stereocenters. The van der Waals surface area contributed by atoms with Crippen LogP contribution >= 0.6 is 0 Å². The molecule has 0 unspecified atom stereocenters. The van der Waals surface area contributed by atoms with Crippen LogP contribution in [0.25, 0.3) is 0 Å². The van der Waals surface area contributed by atoms with Crippen LogP contribution in [0.5, 0.6) is 0 Å². The van der Waals surface area contributed by atoms with Gasteiger partial charge in [-0.1, -0.05) is 7.43 Å². The van der Waals surface area contributed by atoms with Crippen molar-refractivity contribution in [2.45, 2.75) is 21.3 Å². The SMILES string of the molecule is C.C[CH-]C.[CH-]=CC=C(O)[C-]=[W].[Y+3]. The molecule has 0 aromatic heterocycles. The minimum absolute atomic E-state index is 0. The standard InChI is InChI=1S/C5H4O.C3H7.CH4.W.Y/c1-3-4-5(2)6;1-3-2;;;/h1,3-4,6H;3H,1-2H3;1H4;;/q-2;-1;;;+3. The Morgan fingerprint density at radius 3 is 2.00 bits per heavy atom. The maximum atomic E-state index is 8.52. The summed E-state index contributed by atoms with van der Waals surface area (Å²) in [6, 6.07) is 0. The van der Waals surface area contributed by atoms with E-state index in [1.165, 1.54) is 12.2 Å². The second-order valence-electron chi connectivity index (χ2n) is 1.42. The van der Waals surface area contributed by atoms with E-state index < -0.39 is 0 Å². The molecule has 0 heterocycles. The molecule has 0 aliphatic rings. The number of aliphatic hydroxyl groups is 1. The summed E-state index contributed by atoms with van der Waals surface area (Å²) in [6.07, 6.45) is 4.65. The minimum Gasteiger partial charge on any atom is 3.00 e. The van der Waals surface area contributed by atoms with E-state index in [1.807, 2.05) is 20.3 Å². The Bertz CT molecular complexity index is 122. The summed E-state index contributed by atoms with van der Waals surface area (Å²) in [5.41, 5.74) is 0. The summed E-state index contributed by atoms with van der Waals surface area (Å²) in [5, 5.41) is 8.52. The van der Waals surface area contributed by atoms with Gasteiger partial charge in [-0.2, -0.15) is 13.8 Å². The molecule has 0 aromatic carbocycles. The van der Waals surface area contributed by atoms with Crippen LogP contribution in [-0.2, 0) is 52.1 Å². The average Bonchev–Trinajstić information content (AvgIpc) is 1.90. The van der Waals surface area contributed by atoms with E-state index in [4.69, 9.17) is 11.7 Å². The number of rotatable bonds is 2. The first kappa shape index (κ1) is 23.1. The third-order valence-corrected chi connectivity index (χ3v) is 1.11. The number of aliphatic hydroxyl groups excluding tert-OH is 1. The summed E-state index contributed by atoms with van der Waals surface area (Å²) < 4.78 is 2.55. The average molecular weight is 412 g/mol. The van der Waals surface area contributed by atoms with Crippen molar-refractivity contribution in [1.29, 1.82) is 0 Å². The summed E-state index contributed by atoms with van der Waals surface area (Å²) in [5.74, 6) is 0.109. The van der Waals surface area contributed by atoms with Gasteiger partial charge in [0.2, 0.25) is 0 Å². The summed E-state index contributed by atoms with van der Waals surface area (Å²) in [4.78, 5) is 0. The molecule has 66 valence electrons. The molecule has 1 N–H and O–H groups in total. The Kier molecular flexibility index (Phi) is 43.6. The Morgan fingerprint density at radius 1 is 1.58 bits per heavy atom. The fraction of sp³-hybridized carbons (Fsp3) is 0.333. The topological polar surface area (TPSA) is 20.2 Å². The number of hydrogen-bond donors (Lipinski definition) is 1. The predicted molar refractivity (Wildman–Crippen MR) is 47.0 cm³/mol. The van der Waals surface area contributed by atoms with Crippen LogP contribution in [0, 0.1) is 13.0 Å². The molecule has 0 bridgehead atoms. The maximum Gasteiger partial charge on any atom is 3.00 e. The fourth-order valence-electron chi connectivity index (χ4n) is 0.125. The quantitative estimate of drug-likeness (QED) is 0.420. The van der Waals surface area contributed by atoms with E-state index in [2.05, 4.69) is 4.40 Å². The van der Waals surface area contributed by atoms with Gasteiger partial charge in [-0.3, -0.25) is 0 Å². The van der Waals surface area contributed by atoms with E-state index in [1.54, 1.807) is 0 Å². The van der Waals surface area contributed by atoms with Crippen molar-refractivity contribution < 1.29 is 57.2 Å². The monoisotopic (exact) mass is 412 g/mol. The Morgan fingerprint density at radius 2 is 1.92 bits per heavy atom. The minimum atomic E-state index is 0. The molecule has 0 saturated heterocycles. The summed E-state index contributed by atoms with van der Waals surface area (Å²) in [6.45, 7) is 8.91. The normalized spacial score (nSPS) is 7.67.